The fraction of sp³-hybridized carbons (Fsp3) is 0.211. The summed E-state index contributed by atoms with van der Waals surface area (Å²) in [6, 6.07) is 15.8. The molecule has 1 N–H and O–H groups in total. The molecular formula is C19H18FN3O2. The molecule has 1 amide bonds. The molecular weight excluding hydrogens is 321 g/mol. The second-order valence-corrected chi connectivity index (χ2v) is 5.60. The number of carbonyl (C=O) groups is 1. The van der Waals surface area contributed by atoms with E-state index in [1.165, 1.54) is 17.7 Å². The van der Waals surface area contributed by atoms with Gasteiger partial charge in [0.2, 0.25) is 17.6 Å². The van der Waals surface area contributed by atoms with E-state index in [9.17, 15) is 9.18 Å². The van der Waals surface area contributed by atoms with E-state index in [1.54, 1.807) is 12.1 Å². The van der Waals surface area contributed by atoms with Crippen LogP contribution in [0.25, 0.3) is 11.4 Å². The summed E-state index contributed by atoms with van der Waals surface area (Å²) in [5.41, 5.74) is 1.85. The predicted octanol–water partition coefficient (Wildman–Crippen LogP) is 3.17. The minimum Gasteiger partial charge on any atom is -0.356 e. The first-order valence-corrected chi connectivity index (χ1v) is 8.10. The lowest BCUT2D eigenvalue weighted by Gasteiger charge is -2.04. The third kappa shape index (κ3) is 4.97. The predicted molar refractivity (Wildman–Crippen MR) is 91.2 cm³/mol. The summed E-state index contributed by atoms with van der Waals surface area (Å²) in [6.45, 7) is 0.591. The Bertz CT molecular complexity index is 816. The summed E-state index contributed by atoms with van der Waals surface area (Å²) in [7, 11) is 0. The average molecular weight is 339 g/mol. The number of aryl methyl sites for hydroxylation is 1. The minimum atomic E-state index is -0.320. The van der Waals surface area contributed by atoms with Gasteiger partial charge in [0.05, 0.1) is 0 Å². The number of carbonyl (C=O) groups excluding carboxylic acids is 1. The van der Waals surface area contributed by atoms with Crippen molar-refractivity contribution in [1.29, 1.82) is 0 Å². The molecule has 0 aliphatic heterocycles. The summed E-state index contributed by atoms with van der Waals surface area (Å²) >= 11 is 0. The number of rotatable bonds is 7. The third-order valence-corrected chi connectivity index (χ3v) is 3.72. The quantitative estimate of drug-likeness (QED) is 0.718. The summed E-state index contributed by atoms with van der Waals surface area (Å²) < 4.78 is 18.1. The number of hydrogen-bond donors (Lipinski definition) is 1. The van der Waals surface area contributed by atoms with Crippen LogP contribution in [-0.4, -0.2) is 22.6 Å². The van der Waals surface area contributed by atoms with Crippen molar-refractivity contribution < 1.29 is 13.7 Å². The number of halogens is 1. The molecule has 0 spiro atoms. The van der Waals surface area contributed by atoms with Gasteiger partial charge in [0.25, 0.3) is 0 Å². The number of benzene rings is 2. The summed E-state index contributed by atoms with van der Waals surface area (Å²) in [5.74, 6) is 0.397. The van der Waals surface area contributed by atoms with Crippen molar-refractivity contribution in [1.82, 2.24) is 15.5 Å². The second kappa shape index (κ2) is 8.19. The van der Waals surface area contributed by atoms with Gasteiger partial charge in [0, 0.05) is 24.9 Å². The number of nitrogens with one attached hydrogen (secondary N) is 1. The van der Waals surface area contributed by atoms with Gasteiger partial charge in [-0.05, 0) is 36.2 Å². The summed E-state index contributed by atoms with van der Waals surface area (Å²) in [5, 5.41) is 6.73. The Morgan fingerprint density at radius 2 is 1.80 bits per heavy atom. The zero-order chi connectivity index (χ0) is 17.5. The fourth-order valence-electron chi connectivity index (χ4n) is 2.37. The molecule has 128 valence electrons. The van der Waals surface area contributed by atoms with Crippen LogP contribution in [0.2, 0.25) is 0 Å². The monoisotopic (exact) mass is 339 g/mol. The van der Waals surface area contributed by atoms with E-state index >= 15 is 0 Å². The lowest BCUT2D eigenvalue weighted by Crippen LogP contribution is -2.25. The molecule has 1 heterocycles. The van der Waals surface area contributed by atoms with Crippen LogP contribution in [0.15, 0.2) is 59.1 Å². The average Bonchev–Trinajstić information content (AvgIpc) is 3.10. The Balaban J connectivity index is 1.44. The zero-order valence-corrected chi connectivity index (χ0v) is 13.6. The molecule has 0 unspecified atom stereocenters. The number of amides is 1. The Labute approximate surface area is 144 Å². The van der Waals surface area contributed by atoms with E-state index in [4.69, 9.17) is 4.52 Å². The number of nitrogens with zero attached hydrogens (tertiary/aromatic N) is 2. The van der Waals surface area contributed by atoms with Crippen LogP contribution < -0.4 is 5.32 Å². The molecule has 0 atom stereocenters. The molecule has 0 bridgehead atoms. The van der Waals surface area contributed by atoms with Crippen LogP contribution in [-0.2, 0) is 17.6 Å². The lowest BCUT2D eigenvalue weighted by molar-refractivity contribution is -0.121. The molecule has 3 aromatic rings. The van der Waals surface area contributed by atoms with Crippen molar-refractivity contribution in [2.75, 3.05) is 6.54 Å². The van der Waals surface area contributed by atoms with Gasteiger partial charge in [-0.2, -0.15) is 4.98 Å². The standard InChI is InChI=1S/C19H18FN3O2/c20-16-8-6-15(7-9-16)19-22-18(25-23-19)11-10-17(24)21-13-12-14-4-2-1-3-5-14/h1-9H,10-13H2,(H,21,24). The van der Waals surface area contributed by atoms with E-state index in [0.29, 0.717) is 30.2 Å². The third-order valence-electron chi connectivity index (χ3n) is 3.72. The van der Waals surface area contributed by atoms with Crippen LogP contribution in [0.4, 0.5) is 4.39 Å². The van der Waals surface area contributed by atoms with Crippen LogP contribution in [0.1, 0.15) is 17.9 Å². The number of aromatic nitrogens is 2. The highest BCUT2D eigenvalue weighted by Gasteiger charge is 2.10. The van der Waals surface area contributed by atoms with Crippen LogP contribution in [0, 0.1) is 5.82 Å². The van der Waals surface area contributed by atoms with Crippen molar-refractivity contribution in [3.05, 3.63) is 71.9 Å². The summed E-state index contributed by atoms with van der Waals surface area (Å²) in [4.78, 5) is 16.1. The molecule has 0 fully saturated rings. The van der Waals surface area contributed by atoms with Gasteiger partial charge in [0.15, 0.2) is 0 Å². The fourth-order valence-corrected chi connectivity index (χ4v) is 2.37. The Morgan fingerprint density at radius 1 is 1.04 bits per heavy atom. The lowest BCUT2D eigenvalue weighted by atomic mass is 10.1. The highest BCUT2D eigenvalue weighted by molar-refractivity contribution is 5.76. The Morgan fingerprint density at radius 3 is 2.56 bits per heavy atom. The van der Waals surface area contributed by atoms with Gasteiger partial charge < -0.3 is 9.84 Å². The van der Waals surface area contributed by atoms with Crippen molar-refractivity contribution >= 4 is 5.91 Å². The molecule has 25 heavy (non-hydrogen) atoms. The van der Waals surface area contributed by atoms with Crippen LogP contribution >= 0.6 is 0 Å². The van der Waals surface area contributed by atoms with Crippen molar-refractivity contribution in [3.8, 4) is 11.4 Å². The highest BCUT2D eigenvalue weighted by Crippen LogP contribution is 2.16. The van der Waals surface area contributed by atoms with Crippen LogP contribution in [0.5, 0.6) is 0 Å². The van der Waals surface area contributed by atoms with Gasteiger partial charge in [-0.25, -0.2) is 4.39 Å². The zero-order valence-electron chi connectivity index (χ0n) is 13.6. The van der Waals surface area contributed by atoms with Gasteiger partial charge >= 0.3 is 0 Å². The molecule has 6 heteroatoms. The van der Waals surface area contributed by atoms with Crippen LogP contribution in [0.3, 0.4) is 0 Å². The van der Waals surface area contributed by atoms with Crippen molar-refractivity contribution in [3.63, 3.8) is 0 Å². The number of hydrogen-bond acceptors (Lipinski definition) is 4. The van der Waals surface area contributed by atoms with Gasteiger partial charge in [-0.15, -0.1) is 0 Å². The van der Waals surface area contributed by atoms with E-state index in [0.717, 1.165) is 6.42 Å². The van der Waals surface area contributed by atoms with Gasteiger partial charge in [-0.1, -0.05) is 35.5 Å². The first-order valence-electron chi connectivity index (χ1n) is 8.10. The smallest absolute Gasteiger partial charge is 0.227 e. The minimum absolute atomic E-state index is 0.0579. The molecule has 0 aliphatic carbocycles. The van der Waals surface area contributed by atoms with E-state index in [2.05, 4.69) is 15.5 Å². The molecule has 3 rings (SSSR count). The van der Waals surface area contributed by atoms with Gasteiger partial charge in [-0.3, -0.25) is 4.79 Å². The molecule has 1 aromatic heterocycles. The van der Waals surface area contributed by atoms with E-state index in [1.807, 2.05) is 30.3 Å². The Hall–Kier alpha value is -3.02. The first-order chi connectivity index (χ1) is 12.2. The Kier molecular flexibility index (Phi) is 5.51. The highest BCUT2D eigenvalue weighted by atomic mass is 19.1. The van der Waals surface area contributed by atoms with Crippen molar-refractivity contribution in [2.24, 2.45) is 0 Å². The van der Waals surface area contributed by atoms with E-state index in [-0.39, 0.29) is 18.1 Å². The molecule has 0 radical (unpaired) electrons. The first kappa shape index (κ1) is 16.8. The molecule has 0 aliphatic rings. The van der Waals surface area contributed by atoms with Crippen molar-refractivity contribution in [2.45, 2.75) is 19.3 Å². The SMILES string of the molecule is O=C(CCc1nc(-c2ccc(F)cc2)no1)NCCc1ccccc1. The largest absolute Gasteiger partial charge is 0.356 e. The maximum absolute atomic E-state index is 12.9. The maximum atomic E-state index is 12.9. The molecule has 5 nitrogen and oxygen atoms in total. The molecule has 0 saturated heterocycles. The summed E-state index contributed by atoms with van der Waals surface area (Å²) in [6.07, 6.45) is 1.44. The topological polar surface area (TPSA) is 68.0 Å². The molecule has 0 saturated carbocycles. The second-order valence-electron chi connectivity index (χ2n) is 5.60. The maximum Gasteiger partial charge on any atom is 0.227 e. The molecule has 2 aromatic carbocycles. The van der Waals surface area contributed by atoms with Gasteiger partial charge in [0.1, 0.15) is 5.82 Å². The normalized spacial score (nSPS) is 10.6. The van der Waals surface area contributed by atoms with E-state index < -0.39 is 0 Å².